The van der Waals surface area contributed by atoms with Crippen LogP contribution in [0.2, 0.25) is 0 Å². The summed E-state index contributed by atoms with van der Waals surface area (Å²) in [7, 11) is 1.73. The maximum atomic E-state index is 11.9. The maximum absolute atomic E-state index is 11.9. The smallest absolute Gasteiger partial charge is 0.226 e. The fraction of sp³-hybridized carbons (Fsp3) is 0.941. The van der Waals surface area contributed by atoms with E-state index in [0.717, 1.165) is 37.5 Å². The van der Waals surface area contributed by atoms with Crippen molar-refractivity contribution in [1.29, 1.82) is 0 Å². The van der Waals surface area contributed by atoms with Crippen molar-refractivity contribution in [3.05, 3.63) is 0 Å². The molecule has 3 rings (SSSR count). The lowest BCUT2D eigenvalue weighted by Crippen LogP contribution is -2.54. The summed E-state index contributed by atoms with van der Waals surface area (Å²) in [4.78, 5) is 17.1. The standard InChI is InChI=1S/C17H31N3O/c1-17(2,16(21)18-3)12-19-6-8-20(9-7-19)15-11-13-4-5-14(15)10-13/h13-15H,4-12H2,1-3H3,(H,18,21). The molecule has 3 aliphatic rings. The Morgan fingerprint density at radius 3 is 2.38 bits per heavy atom. The van der Waals surface area contributed by atoms with Gasteiger partial charge in [0.2, 0.25) is 5.91 Å². The number of hydrogen-bond donors (Lipinski definition) is 1. The molecule has 3 unspecified atom stereocenters. The Hall–Kier alpha value is -0.610. The molecular weight excluding hydrogens is 262 g/mol. The highest BCUT2D eigenvalue weighted by Crippen LogP contribution is 2.46. The molecule has 4 heteroatoms. The summed E-state index contributed by atoms with van der Waals surface area (Å²) in [5.74, 6) is 2.17. The predicted octanol–water partition coefficient (Wildman–Crippen LogP) is 1.56. The Balaban J connectivity index is 1.48. The van der Waals surface area contributed by atoms with Gasteiger partial charge in [0.15, 0.2) is 0 Å². The summed E-state index contributed by atoms with van der Waals surface area (Å²) in [5.41, 5.74) is -0.288. The molecule has 1 heterocycles. The van der Waals surface area contributed by atoms with Crippen LogP contribution in [0.5, 0.6) is 0 Å². The van der Waals surface area contributed by atoms with Crippen molar-refractivity contribution >= 4 is 5.91 Å². The van der Waals surface area contributed by atoms with E-state index in [2.05, 4.69) is 15.1 Å². The van der Waals surface area contributed by atoms with Gasteiger partial charge in [-0.15, -0.1) is 0 Å². The summed E-state index contributed by atoms with van der Waals surface area (Å²) in [5, 5.41) is 2.79. The summed E-state index contributed by atoms with van der Waals surface area (Å²) in [6, 6.07) is 0.873. The highest BCUT2D eigenvalue weighted by Gasteiger charge is 2.43. The van der Waals surface area contributed by atoms with Crippen molar-refractivity contribution in [3.8, 4) is 0 Å². The first-order valence-electron chi connectivity index (χ1n) is 8.68. The number of nitrogens with one attached hydrogen (secondary N) is 1. The van der Waals surface area contributed by atoms with Crippen LogP contribution in [0.15, 0.2) is 0 Å². The second kappa shape index (κ2) is 5.88. The van der Waals surface area contributed by atoms with E-state index in [0.29, 0.717) is 0 Å². The molecule has 1 amide bonds. The lowest BCUT2D eigenvalue weighted by atomic mass is 9.90. The molecule has 1 N–H and O–H groups in total. The zero-order valence-electron chi connectivity index (χ0n) is 13.9. The minimum Gasteiger partial charge on any atom is -0.359 e. The van der Waals surface area contributed by atoms with E-state index in [9.17, 15) is 4.79 Å². The lowest BCUT2D eigenvalue weighted by Gasteiger charge is -2.42. The quantitative estimate of drug-likeness (QED) is 0.854. The van der Waals surface area contributed by atoms with Gasteiger partial charge in [0.05, 0.1) is 5.41 Å². The first kappa shape index (κ1) is 15.3. The van der Waals surface area contributed by atoms with Gasteiger partial charge in [-0.05, 0) is 44.9 Å². The number of carbonyl (C=O) groups is 1. The number of hydrogen-bond acceptors (Lipinski definition) is 3. The zero-order chi connectivity index (χ0) is 15.0. The maximum Gasteiger partial charge on any atom is 0.226 e. The van der Waals surface area contributed by atoms with E-state index < -0.39 is 0 Å². The molecule has 2 saturated carbocycles. The van der Waals surface area contributed by atoms with E-state index in [-0.39, 0.29) is 11.3 Å². The minimum atomic E-state index is -0.288. The number of nitrogens with zero attached hydrogens (tertiary/aromatic N) is 2. The Bertz CT molecular complexity index is 387. The van der Waals surface area contributed by atoms with Crippen LogP contribution >= 0.6 is 0 Å². The highest BCUT2D eigenvalue weighted by atomic mass is 16.2. The average molecular weight is 293 g/mol. The van der Waals surface area contributed by atoms with E-state index in [1.54, 1.807) is 7.05 Å². The molecular formula is C17H31N3O. The van der Waals surface area contributed by atoms with Crippen LogP contribution in [0.3, 0.4) is 0 Å². The van der Waals surface area contributed by atoms with Gasteiger partial charge in [-0.1, -0.05) is 6.42 Å². The zero-order valence-corrected chi connectivity index (χ0v) is 13.9. The van der Waals surface area contributed by atoms with Crippen molar-refractivity contribution in [2.75, 3.05) is 39.8 Å². The summed E-state index contributed by atoms with van der Waals surface area (Å²) >= 11 is 0. The van der Waals surface area contributed by atoms with Gasteiger partial charge in [0.25, 0.3) is 0 Å². The first-order valence-corrected chi connectivity index (χ1v) is 8.68. The number of carbonyl (C=O) groups excluding carboxylic acids is 1. The lowest BCUT2D eigenvalue weighted by molar-refractivity contribution is -0.130. The van der Waals surface area contributed by atoms with Crippen LogP contribution < -0.4 is 5.32 Å². The number of fused-ring (bicyclic) bond motifs is 2. The van der Waals surface area contributed by atoms with Crippen molar-refractivity contribution in [2.45, 2.75) is 45.6 Å². The summed E-state index contributed by atoms with van der Waals surface area (Å²) in [6.07, 6.45) is 5.91. The predicted molar refractivity (Wildman–Crippen MR) is 85.1 cm³/mol. The average Bonchev–Trinajstić information content (AvgIpc) is 3.09. The number of rotatable bonds is 4. The summed E-state index contributed by atoms with van der Waals surface area (Å²) < 4.78 is 0. The van der Waals surface area contributed by atoms with E-state index in [1.165, 1.54) is 38.8 Å². The third-order valence-electron chi connectivity index (χ3n) is 6.04. The molecule has 0 aromatic rings. The molecule has 21 heavy (non-hydrogen) atoms. The van der Waals surface area contributed by atoms with Crippen LogP contribution in [0.1, 0.15) is 39.5 Å². The van der Waals surface area contributed by atoms with Gasteiger partial charge in [-0.2, -0.15) is 0 Å². The molecule has 0 radical (unpaired) electrons. The third-order valence-corrected chi connectivity index (χ3v) is 6.04. The van der Waals surface area contributed by atoms with Gasteiger partial charge in [0, 0.05) is 45.8 Å². The molecule has 2 aliphatic carbocycles. The first-order chi connectivity index (χ1) is 9.99. The van der Waals surface area contributed by atoms with E-state index in [4.69, 9.17) is 0 Å². The molecule has 3 atom stereocenters. The number of amides is 1. The second-order valence-corrected chi connectivity index (χ2v) is 8.02. The third kappa shape index (κ3) is 3.11. The van der Waals surface area contributed by atoms with Crippen LogP contribution in [0.4, 0.5) is 0 Å². The fourth-order valence-corrected chi connectivity index (χ4v) is 4.88. The normalized spacial score (nSPS) is 34.3. The molecule has 3 fully saturated rings. The molecule has 0 aromatic carbocycles. The van der Waals surface area contributed by atoms with Crippen LogP contribution in [0.25, 0.3) is 0 Å². The summed E-state index contributed by atoms with van der Waals surface area (Å²) in [6.45, 7) is 9.59. The molecule has 0 spiro atoms. The molecule has 1 saturated heterocycles. The Morgan fingerprint density at radius 2 is 1.86 bits per heavy atom. The second-order valence-electron chi connectivity index (χ2n) is 8.02. The molecule has 2 bridgehead atoms. The van der Waals surface area contributed by atoms with Crippen molar-refractivity contribution < 1.29 is 4.79 Å². The van der Waals surface area contributed by atoms with Gasteiger partial charge in [-0.25, -0.2) is 0 Å². The minimum absolute atomic E-state index is 0.151. The fourth-order valence-electron chi connectivity index (χ4n) is 4.88. The monoisotopic (exact) mass is 293 g/mol. The van der Waals surface area contributed by atoms with Gasteiger partial charge in [0.1, 0.15) is 0 Å². The largest absolute Gasteiger partial charge is 0.359 e. The van der Waals surface area contributed by atoms with Crippen LogP contribution in [-0.4, -0.2) is 61.5 Å². The van der Waals surface area contributed by atoms with Crippen molar-refractivity contribution in [3.63, 3.8) is 0 Å². The molecule has 120 valence electrons. The van der Waals surface area contributed by atoms with Gasteiger partial charge in [-0.3, -0.25) is 14.6 Å². The van der Waals surface area contributed by atoms with Crippen LogP contribution in [-0.2, 0) is 4.79 Å². The van der Waals surface area contributed by atoms with Crippen molar-refractivity contribution in [1.82, 2.24) is 15.1 Å². The Kier molecular flexibility index (Phi) is 4.28. The van der Waals surface area contributed by atoms with Crippen LogP contribution in [0, 0.1) is 17.3 Å². The highest BCUT2D eigenvalue weighted by molar-refractivity contribution is 5.81. The van der Waals surface area contributed by atoms with Gasteiger partial charge >= 0.3 is 0 Å². The van der Waals surface area contributed by atoms with E-state index in [1.807, 2.05) is 13.8 Å². The number of piperazine rings is 1. The molecule has 4 nitrogen and oxygen atoms in total. The van der Waals surface area contributed by atoms with Gasteiger partial charge < -0.3 is 5.32 Å². The Labute approximate surface area is 129 Å². The molecule has 1 aliphatic heterocycles. The van der Waals surface area contributed by atoms with Crippen molar-refractivity contribution in [2.24, 2.45) is 17.3 Å². The SMILES string of the molecule is CNC(=O)C(C)(C)CN1CCN(C2CC3CCC2C3)CC1. The molecule has 0 aromatic heterocycles. The van der Waals surface area contributed by atoms with E-state index >= 15 is 0 Å². The topological polar surface area (TPSA) is 35.6 Å². The Morgan fingerprint density at radius 1 is 1.14 bits per heavy atom.